The van der Waals surface area contributed by atoms with Crippen LogP contribution in [0.1, 0.15) is 6.42 Å². The molecular weight excluding hydrogens is 282 g/mol. The largest absolute Gasteiger partial charge is 0.378 e. The van der Waals surface area contributed by atoms with Crippen molar-refractivity contribution in [1.82, 2.24) is 0 Å². The molecule has 0 radical (unpaired) electrons. The maximum atomic E-state index is 12.2. The zero-order valence-electron chi connectivity index (χ0n) is 12.4. The molecule has 0 N–H and O–H groups in total. The molecule has 1 aromatic carbocycles. The predicted molar refractivity (Wildman–Crippen MR) is 83.9 cm³/mol. The number of anilines is 2. The second-order valence-corrected chi connectivity index (χ2v) is 5.61. The van der Waals surface area contributed by atoms with Crippen molar-refractivity contribution in [2.24, 2.45) is 11.0 Å². The number of benzene rings is 1. The van der Waals surface area contributed by atoms with Gasteiger partial charge in [0.05, 0.1) is 13.2 Å². The van der Waals surface area contributed by atoms with Crippen molar-refractivity contribution < 1.29 is 9.53 Å². The van der Waals surface area contributed by atoms with Gasteiger partial charge in [-0.25, -0.2) is 0 Å². The predicted octanol–water partition coefficient (Wildman–Crippen LogP) is 2.19. The van der Waals surface area contributed by atoms with Crippen molar-refractivity contribution in [3.8, 4) is 0 Å². The highest BCUT2D eigenvalue weighted by atomic mass is 16.5. The fourth-order valence-electron chi connectivity index (χ4n) is 2.98. The molecule has 1 atom stereocenters. The quantitative estimate of drug-likeness (QED) is 0.485. The summed E-state index contributed by atoms with van der Waals surface area (Å²) in [5, 5.41) is 3.59. The van der Waals surface area contributed by atoms with Crippen LogP contribution in [-0.4, -0.2) is 45.3 Å². The van der Waals surface area contributed by atoms with Crippen LogP contribution in [-0.2, 0) is 9.53 Å². The molecule has 1 aromatic rings. The summed E-state index contributed by atoms with van der Waals surface area (Å²) in [5.41, 5.74) is 10.4. The van der Waals surface area contributed by atoms with Crippen LogP contribution in [0, 0.1) is 5.92 Å². The van der Waals surface area contributed by atoms with Gasteiger partial charge < -0.3 is 14.5 Å². The minimum atomic E-state index is 0.0947. The zero-order chi connectivity index (χ0) is 15.4. The Morgan fingerprint density at radius 3 is 2.86 bits per heavy atom. The summed E-state index contributed by atoms with van der Waals surface area (Å²) < 4.78 is 5.37. The average Bonchev–Trinajstić information content (AvgIpc) is 2.95. The number of azide groups is 1. The van der Waals surface area contributed by atoms with E-state index in [-0.39, 0.29) is 11.8 Å². The summed E-state index contributed by atoms with van der Waals surface area (Å²) in [4.78, 5) is 19.0. The Labute approximate surface area is 129 Å². The Hall–Kier alpha value is -2.24. The van der Waals surface area contributed by atoms with Crippen LogP contribution in [0.4, 0.5) is 11.4 Å². The zero-order valence-corrected chi connectivity index (χ0v) is 12.4. The van der Waals surface area contributed by atoms with Gasteiger partial charge in [0.15, 0.2) is 0 Å². The van der Waals surface area contributed by atoms with E-state index in [4.69, 9.17) is 10.3 Å². The second kappa shape index (κ2) is 6.68. The van der Waals surface area contributed by atoms with Crippen LogP contribution >= 0.6 is 0 Å². The molecule has 2 heterocycles. The molecule has 0 saturated carbocycles. The van der Waals surface area contributed by atoms with Crippen molar-refractivity contribution in [2.45, 2.75) is 6.42 Å². The minimum Gasteiger partial charge on any atom is -0.378 e. The molecule has 2 saturated heterocycles. The molecule has 1 unspecified atom stereocenters. The first kappa shape index (κ1) is 14.7. The Bertz CT molecular complexity index is 593. The summed E-state index contributed by atoms with van der Waals surface area (Å²) >= 11 is 0. The first-order chi connectivity index (χ1) is 10.8. The Kier molecular flexibility index (Phi) is 4.46. The standard InChI is InChI=1S/C15H19N5O2/c16-18-17-10-12-8-15(21)20(11-12)14-3-1-2-13(9-14)19-4-6-22-7-5-19/h1-3,9,12H,4-8,10-11H2. The van der Waals surface area contributed by atoms with Gasteiger partial charge in [0.1, 0.15) is 0 Å². The van der Waals surface area contributed by atoms with Crippen molar-refractivity contribution >= 4 is 17.3 Å². The van der Waals surface area contributed by atoms with Crippen molar-refractivity contribution in [2.75, 3.05) is 49.2 Å². The number of morpholine rings is 1. The highest BCUT2D eigenvalue weighted by molar-refractivity contribution is 5.96. The number of hydrogen-bond acceptors (Lipinski definition) is 4. The lowest BCUT2D eigenvalue weighted by Gasteiger charge is -2.29. The smallest absolute Gasteiger partial charge is 0.227 e. The van der Waals surface area contributed by atoms with Crippen molar-refractivity contribution in [1.29, 1.82) is 0 Å². The lowest BCUT2D eigenvalue weighted by Crippen LogP contribution is -2.36. The summed E-state index contributed by atoms with van der Waals surface area (Å²) in [6.45, 7) is 4.21. The normalized spacial score (nSPS) is 21.8. The molecule has 1 amide bonds. The molecule has 7 heteroatoms. The fourth-order valence-corrected chi connectivity index (χ4v) is 2.98. The molecule has 3 rings (SSSR count). The van der Waals surface area contributed by atoms with E-state index in [1.807, 2.05) is 12.1 Å². The van der Waals surface area contributed by atoms with E-state index >= 15 is 0 Å². The molecule has 0 aromatic heterocycles. The monoisotopic (exact) mass is 301 g/mol. The third kappa shape index (κ3) is 3.16. The summed E-state index contributed by atoms with van der Waals surface area (Å²) in [6.07, 6.45) is 0.445. The molecular formula is C15H19N5O2. The van der Waals surface area contributed by atoms with Gasteiger partial charge >= 0.3 is 0 Å². The Morgan fingerprint density at radius 1 is 1.32 bits per heavy atom. The van der Waals surface area contributed by atoms with Crippen LogP contribution in [0.3, 0.4) is 0 Å². The fraction of sp³-hybridized carbons (Fsp3) is 0.533. The average molecular weight is 301 g/mol. The topological polar surface area (TPSA) is 81.5 Å². The summed E-state index contributed by atoms with van der Waals surface area (Å²) in [5.74, 6) is 0.202. The number of carbonyl (C=O) groups excluding carboxylic acids is 1. The van der Waals surface area contributed by atoms with Gasteiger partial charge in [-0.2, -0.15) is 0 Å². The minimum absolute atomic E-state index is 0.0947. The molecule has 116 valence electrons. The van der Waals surface area contributed by atoms with Crippen LogP contribution in [0.2, 0.25) is 0 Å². The third-order valence-corrected chi connectivity index (χ3v) is 4.13. The highest BCUT2D eigenvalue weighted by Crippen LogP contribution is 2.28. The molecule has 0 spiro atoms. The lowest BCUT2D eigenvalue weighted by atomic mass is 10.1. The lowest BCUT2D eigenvalue weighted by molar-refractivity contribution is -0.117. The van der Waals surface area contributed by atoms with Crippen LogP contribution < -0.4 is 9.80 Å². The maximum Gasteiger partial charge on any atom is 0.227 e. The van der Waals surface area contributed by atoms with E-state index in [0.717, 1.165) is 37.7 Å². The van der Waals surface area contributed by atoms with E-state index in [1.54, 1.807) is 4.90 Å². The number of amides is 1. The SMILES string of the molecule is [N-]=[N+]=NCC1CC(=O)N(c2cccc(N3CCOCC3)c2)C1. The van der Waals surface area contributed by atoms with Gasteiger partial charge in [0, 0.05) is 48.9 Å². The van der Waals surface area contributed by atoms with E-state index in [1.165, 1.54) is 0 Å². The van der Waals surface area contributed by atoms with Crippen molar-refractivity contribution in [3.63, 3.8) is 0 Å². The van der Waals surface area contributed by atoms with Crippen molar-refractivity contribution in [3.05, 3.63) is 34.7 Å². The molecule has 22 heavy (non-hydrogen) atoms. The molecule has 0 bridgehead atoms. The number of ether oxygens (including phenoxy) is 1. The van der Waals surface area contributed by atoms with Gasteiger partial charge in [-0.15, -0.1) is 0 Å². The van der Waals surface area contributed by atoms with Gasteiger partial charge in [-0.3, -0.25) is 4.79 Å². The highest BCUT2D eigenvalue weighted by Gasteiger charge is 2.30. The first-order valence-corrected chi connectivity index (χ1v) is 7.52. The van der Waals surface area contributed by atoms with Gasteiger partial charge in [-0.05, 0) is 29.6 Å². The Balaban J connectivity index is 1.74. The number of rotatable bonds is 4. The number of hydrogen-bond donors (Lipinski definition) is 0. The summed E-state index contributed by atoms with van der Waals surface area (Å²) in [6, 6.07) is 8.05. The second-order valence-electron chi connectivity index (χ2n) is 5.61. The van der Waals surface area contributed by atoms with Gasteiger partial charge in [0.25, 0.3) is 0 Å². The maximum absolute atomic E-state index is 12.2. The van der Waals surface area contributed by atoms with E-state index in [2.05, 4.69) is 27.1 Å². The number of carbonyl (C=O) groups is 1. The third-order valence-electron chi connectivity index (χ3n) is 4.13. The summed E-state index contributed by atoms with van der Waals surface area (Å²) in [7, 11) is 0. The molecule has 0 aliphatic carbocycles. The van der Waals surface area contributed by atoms with E-state index in [9.17, 15) is 4.79 Å². The van der Waals surface area contributed by atoms with Gasteiger partial charge in [-0.1, -0.05) is 11.2 Å². The van der Waals surface area contributed by atoms with Gasteiger partial charge in [0.2, 0.25) is 5.91 Å². The van der Waals surface area contributed by atoms with Crippen LogP contribution in [0.25, 0.3) is 10.4 Å². The molecule has 7 nitrogen and oxygen atoms in total. The van der Waals surface area contributed by atoms with Crippen LogP contribution in [0.15, 0.2) is 29.4 Å². The first-order valence-electron chi connectivity index (χ1n) is 7.52. The van der Waals surface area contributed by atoms with E-state index in [0.29, 0.717) is 19.5 Å². The molecule has 2 fully saturated rings. The Morgan fingerprint density at radius 2 is 2.09 bits per heavy atom. The van der Waals surface area contributed by atoms with Crippen LogP contribution in [0.5, 0.6) is 0 Å². The molecule has 2 aliphatic heterocycles. The molecule has 2 aliphatic rings. The number of nitrogens with zero attached hydrogens (tertiary/aromatic N) is 5. The van der Waals surface area contributed by atoms with E-state index < -0.39 is 0 Å².